The van der Waals surface area contributed by atoms with Crippen LogP contribution in [0.15, 0.2) is 54.6 Å². The minimum absolute atomic E-state index is 0.0246. The normalized spacial score (nSPS) is 28.8. The Bertz CT molecular complexity index is 953. The zero-order valence-electron chi connectivity index (χ0n) is 15.7. The Morgan fingerprint density at radius 2 is 1.79 bits per heavy atom. The summed E-state index contributed by atoms with van der Waals surface area (Å²) in [4.78, 5) is 37.0. The Labute approximate surface area is 168 Å². The van der Waals surface area contributed by atoms with E-state index in [1.165, 1.54) is 0 Å². The highest BCUT2D eigenvalue weighted by atomic mass is 16.6. The van der Waals surface area contributed by atoms with Crippen molar-refractivity contribution >= 4 is 23.3 Å². The molecule has 3 aliphatic rings. The number of benzene rings is 2. The highest BCUT2D eigenvalue weighted by Crippen LogP contribution is 2.57. The highest BCUT2D eigenvalue weighted by molar-refractivity contribution is 5.97. The number of hydrogen-bond acceptors (Lipinski definition) is 5. The number of carbonyl (C=O) groups is 3. The summed E-state index contributed by atoms with van der Waals surface area (Å²) < 4.78 is 11.0. The van der Waals surface area contributed by atoms with Crippen molar-refractivity contribution in [3.05, 3.63) is 60.2 Å². The molecule has 29 heavy (non-hydrogen) atoms. The van der Waals surface area contributed by atoms with Crippen LogP contribution in [0.25, 0.3) is 0 Å². The largest absolute Gasteiger partial charge is 0.485 e. The molecule has 1 saturated heterocycles. The zero-order chi connectivity index (χ0) is 20.0. The van der Waals surface area contributed by atoms with Crippen molar-refractivity contribution in [2.75, 3.05) is 11.9 Å². The third kappa shape index (κ3) is 3.18. The van der Waals surface area contributed by atoms with Crippen LogP contribution >= 0.6 is 0 Å². The maximum atomic E-state index is 12.8. The first-order valence-corrected chi connectivity index (χ1v) is 9.92. The van der Waals surface area contributed by atoms with E-state index in [0.29, 0.717) is 17.0 Å². The van der Waals surface area contributed by atoms with Gasteiger partial charge in [0.25, 0.3) is 0 Å². The van der Waals surface area contributed by atoms with E-state index in [2.05, 4.69) is 5.32 Å². The molecule has 0 radical (unpaired) electrons. The van der Waals surface area contributed by atoms with E-state index in [1.54, 1.807) is 36.4 Å². The molecule has 0 spiro atoms. The lowest BCUT2D eigenvalue weighted by molar-refractivity contribution is -0.145. The Hall–Kier alpha value is -3.15. The molecule has 1 aliphatic heterocycles. The highest BCUT2D eigenvalue weighted by Gasteiger charge is 2.63. The summed E-state index contributed by atoms with van der Waals surface area (Å²) in [6, 6.07) is 15.9. The average molecular weight is 391 g/mol. The molecule has 1 N–H and O–H groups in total. The topological polar surface area (TPSA) is 81.7 Å². The summed E-state index contributed by atoms with van der Waals surface area (Å²) in [5, 5.41) is 2.92. The third-order valence-corrected chi connectivity index (χ3v) is 6.37. The number of carbonyl (C=O) groups excluding carboxylic acids is 3. The number of ether oxygens (including phenoxy) is 2. The number of ketones is 1. The van der Waals surface area contributed by atoms with Gasteiger partial charge in [0, 0.05) is 17.2 Å². The SMILES string of the molecule is O=C(COc1ccc(NC(=O)[C@@H]2[C@@H]3C[C@H]4[C@@H]2C(=O)O[C@@H]4C3)cc1)c1ccccc1. The first-order valence-electron chi connectivity index (χ1n) is 9.92. The molecule has 2 aliphatic carbocycles. The number of amides is 1. The van der Waals surface area contributed by atoms with Gasteiger partial charge in [-0.2, -0.15) is 0 Å². The molecule has 2 aromatic rings. The summed E-state index contributed by atoms with van der Waals surface area (Å²) >= 11 is 0. The summed E-state index contributed by atoms with van der Waals surface area (Å²) in [5.41, 5.74) is 1.25. The number of hydrogen-bond donors (Lipinski definition) is 1. The van der Waals surface area contributed by atoms with Crippen molar-refractivity contribution in [1.29, 1.82) is 0 Å². The number of Topliss-reactive ketones (excluding diaryl/α,β-unsaturated/α-hetero) is 1. The lowest BCUT2D eigenvalue weighted by Crippen LogP contribution is -2.35. The first-order chi connectivity index (χ1) is 14.1. The van der Waals surface area contributed by atoms with E-state index in [-0.39, 0.29) is 54.0 Å². The van der Waals surface area contributed by atoms with E-state index >= 15 is 0 Å². The smallest absolute Gasteiger partial charge is 0.310 e. The van der Waals surface area contributed by atoms with Crippen LogP contribution in [0.3, 0.4) is 0 Å². The maximum absolute atomic E-state index is 12.8. The molecule has 6 nitrogen and oxygen atoms in total. The fourth-order valence-corrected chi connectivity index (χ4v) is 5.08. The molecule has 0 unspecified atom stereocenters. The Morgan fingerprint density at radius 3 is 2.55 bits per heavy atom. The van der Waals surface area contributed by atoms with Crippen molar-refractivity contribution in [3.8, 4) is 5.75 Å². The molecule has 148 valence electrons. The Kier molecular flexibility index (Phi) is 4.34. The molecule has 1 heterocycles. The zero-order valence-corrected chi connectivity index (χ0v) is 15.7. The summed E-state index contributed by atoms with van der Waals surface area (Å²) in [5.74, 6) is -0.0274. The van der Waals surface area contributed by atoms with Crippen LogP contribution in [0.5, 0.6) is 5.75 Å². The minimum Gasteiger partial charge on any atom is -0.485 e. The van der Waals surface area contributed by atoms with Gasteiger partial charge in [-0.3, -0.25) is 14.4 Å². The van der Waals surface area contributed by atoms with Crippen LogP contribution < -0.4 is 10.1 Å². The molecular weight excluding hydrogens is 370 g/mol. The summed E-state index contributed by atoms with van der Waals surface area (Å²) in [6.45, 7) is -0.0498. The maximum Gasteiger partial charge on any atom is 0.310 e. The molecule has 2 aromatic carbocycles. The Balaban J connectivity index is 1.18. The van der Waals surface area contributed by atoms with Crippen LogP contribution in [-0.2, 0) is 14.3 Å². The average Bonchev–Trinajstić information content (AvgIpc) is 3.36. The fraction of sp³-hybridized carbons (Fsp3) is 0.348. The number of nitrogens with one attached hydrogen (secondary N) is 1. The van der Waals surface area contributed by atoms with Gasteiger partial charge in [-0.15, -0.1) is 0 Å². The molecule has 1 amide bonds. The van der Waals surface area contributed by atoms with Gasteiger partial charge in [0.1, 0.15) is 11.9 Å². The molecule has 0 aromatic heterocycles. The fourth-order valence-electron chi connectivity index (χ4n) is 5.08. The van der Waals surface area contributed by atoms with E-state index < -0.39 is 0 Å². The van der Waals surface area contributed by atoms with Crippen molar-refractivity contribution < 1.29 is 23.9 Å². The van der Waals surface area contributed by atoms with Gasteiger partial charge < -0.3 is 14.8 Å². The second kappa shape index (κ2) is 7.03. The number of fused-ring (bicyclic) bond motifs is 1. The van der Waals surface area contributed by atoms with E-state index in [0.717, 1.165) is 12.8 Å². The van der Waals surface area contributed by atoms with Crippen LogP contribution in [0, 0.1) is 23.7 Å². The van der Waals surface area contributed by atoms with Crippen molar-refractivity contribution in [1.82, 2.24) is 0 Å². The van der Waals surface area contributed by atoms with Crippen LogP contribution in [0.2, 0.25) is 0 Å². The van der Waals surface area contributed by atoms with E-state index in [9.17, 15) is 14.4 Å². The van der Waals surface area contributed by atoms with Crippen LogP contribution in [0.4, 0.5) is 5.69 Å². The molecule has 5 atom stereocenters. The van der Waals surface area contributed by atoms with Gasteiger partial charge in [-0.05, 0) is 43.0 Å². The lowest BCUT2D eigenvalue weighted by Gasteiger charge is -2.23. The molecule has 3 fully saturated rings. The number of rotatable bonds is 6. The molecule has 5 rings (SSSR count). The Morgan fingerprint density at radius 1 is 1.03 bits per heavy atom. The lowest BCUT2D eigenvalue weighted by atomic mass is 9.79. The first kappa shape index (κ1) is 17.9. The van der Waals surface area contributed by atoms with Gasteiger partial charge in [0.2, 0.25) is 5.91 Å². The summed E-state index contributed by atoms with van der Waals surface area (Å²) in [7, 11) is 0. The van der Waals surface area contributed by atoms with Crippen LogP contribution in [-0.4, -0.2) is 30.4 Å². The molecule has 2 saturated carbocycles. The predicted octanol–water partition coefficient (Wildman–Crippen LogP) is 3.08. The van der Waals surface area contributed by atoms with E-state index in [1.807, 2.05) is 18.2 Å². The molecule has 6 heteroatoms. The van der Waals surface area contributed by atoms with E-state index in [4.69, 9.17) is 9.47 Å². The molecular formula is C23H21NO5. The van der Waals surface area contributed by atoms with Crippen molar-refractivity contribution in [2.45, 2.75) is 18.9 Å². The standard InChI is InChI=1S/C23H21NO5/c25-18(13-4-2-1-3-5-13)12-28-16-8-6-15(7-9-16)24-22(26)20-14-10-17-19(11-14)29-23(27)21(17)20/h1-9,14,17,19-21H,10-12H2,(H,24,26)/t14-,17-,19-,20-,21+/m1/s1. The monoisotopic (exact) mass is 391 g/mol. The number of esters is 1. The third-order valence-electron chi connectivity index (χ3n) is 6.37. The quantitative estimate of drug-likeness (QED) is 0.605. The van der Waals surface area contributed by atoms with Crippen molar-refractivity contribution in [2.24, 2.45) is 23.7 Å². The molecule has 2 bridgehead atoms. The van der Waals surface area contributed by atoms with Gasteiger partial charge in [0.05, 0.1) is 11.8 Å². The second-order valence-corrected chi connectivity index (χ2v) is 8.01. The van der Waals surface area contributed by atoms with Crippen molar-refractivity contribution in [3.63, 3.8) is 0 Å². The number of anilines is 1. The van der Waals surface area contributed by atoms with Gasteiger partial charge in [-0.1, -0.05) is 30.3 Å². The second-order valence-electron chi connectivity index (χ2n) is 8.01. The minimum atomic E-state index is -0.300. The van der Waals surface area contributed by atoms with Gasteiger partial charge in [-0.25, -0.2) is 0 Å². The van der Waals surface area contributed by atoms with Gasteiger partial charge >= 0.3 is 5.97 Å². The predicted molar refractivity (Wildman–Crippen MR) is 104 cm³/mol. The summed E-state index contributed by atoms with van der Waals surface area (Å²) in [6.07, 6.45) is 1.73. The van der Waals surface area contributed by atoms with Crippen LogP contribution in [0.1, 0.15) is 23.2 Å². The van der Waals surface area contributed by atoms with Gasteiger partial charge in [0.15, 0.2) is 12.4 Å².